The molecule has 50 valence electrons. The number of hydrogen-bond acceptors (Lipinski definition) is 1. The van der Waals surface area contributed by atoms with Crippen molar-refractivity contribution >= 4 is 5.78 Å². The topological polar surface area (TPSA) is 17.1 Å². The molecule has 9 heavy (non-hydrogen) atoms. The Bertz CT molecular complexity index is 132. The van der Waals surface area contributed by atoms with Gasteiger partial charge < -0.3 is 0 Å². The van der Waals surface area contributed by atoms with Crippen molar-refractivity contribution in [2.45, 2.75) is 26.2 Å². The number of carbonyl (C=O) groups excluding carboxylic acids is 1. The molecule has 0 amide bonds. The summed E-state index contributed by atoms with van der Waals surface area (Å²) in [7, 11) is 0. The zero-order chi connectivity index (χ0) is 6.69. The lowest BCUT2D eigenvalue weighted by Crippen LogP contribution is -2.07. The second kappa shape index (κ2) is 2.81. The highest BCUT2D eigenvalue weighted by atomic mass is 16.1. The molecule has 1 saturated carbocycles. The lowest BCUT2D eigenvalue weighted by atomic mass is 9.85. The molecule has 0 unspecified atom stereocenters. The maximum atomic E-state index is 10.4. The summed E-state index contributed by atoms with van der Waals surface area (Å²) in [5.41, 5.74) is 0. The van der Waals surface area contributed by atoms with Gasteiger partial charge in [-0.3, -0.25) is 4.79 Å². The Morgan fingerprint density at radius 1 is 1.56 bits per heavy atom. The molecule has 1 rings (SSSR count). The van der Waals surface area contributed by atoms with Gasteiger partial charge in [0, 0.05) is 0 Å². The molecule has 0 spiro atoms. The average molecular weight is 124 g/mol. The van der Waals surface area contributed by atoms with Gasteiger partial charge in [0.05, 0.1) is 0 Å². The van der Waals surface area contributed by atoms with E-state index >= 15 is 0 Å². The van der Waals surface area contributed by atoms with E-state index in [4.69, 9.17) is 0 Å². The van der Waals surface area contributed by atoms with E-state index in [-0.39, 0.29) is 5.78 Å². The summed E-state index contributed by atoms with van der Waals surface area (Å²) >= 11 is 0. The molecule has 0 aromatic rings. The predicted molar refractivity (Wildman–Crippen MR) is 37.2 cm³/mol. The van der Waals surface area contributed by atoms with Crippen LogP contribution in [0, 0.1) is 5.92 Å². The molecule has 1 nitrogen and oxygen atoms in total. The largest absolute Gasteiger partial charge is 0.295 e. The van der Waals surface area contributed by atoms with Crippen LogP contribution >= 0.6 is 0 Å². The van der Waals surface area contributed by atoms with Gasteiger partial charge in [0.2, 0.25) is 0 Å². The molecule has 1 heteroatoms. The zero-order valence-electron chi connectivity index (χ0n) is 5.76. The average Bonchev–Trinajstić information content (AvgIpc) is 1.60. The van der Waals surface area contributed by atoms with Crippen molar-refractivity contribution in [2.75, 3.05) is 0 Å². The standard InChI is InChI=1S/C8H12O/c1-7(9)5-6-8-3-2-4-8/h5-6,8H,2-4H2,1H3/b6-5-. The highest BCUT2D eigenvalue weighted by molar-refractivity contribution is 5.87. The van der Waals surface area contributed by atoms with E-state index in [9.17, 15) is 4.79 Å². The van der Waals surface area contributed by atoms with E-state index in [1.165, 1.54) is 19.3 Å². The van der Waals surface area contributed by atoms with Gasteiger partial charge in [0.15, 0.2) is 5.78 Å². The predicted octanol–water partition coefficient (Wildman–Crippen LogP) is 1.93. The summed E-state index contributed by atoms with van der Waals surface area (Å²) in [6.45, 7) is 1.59. The molecule has 0 radical (unpaired) electrons. The molecule has 0 N–H and O–H groups in total. The fraction of sp³-hybridized carbons (Fsp3) is 0.625. The lowest BCUT2D eigenvalue weighted by Gasteiger charge is -2.20. The fourth-order valence-electron chi connectivity index (χ4n) is 0.904. The van der Waals surface area contributed by atoms with Crippen molar-refractivity contribution in [1.82, 2.24) is 0 Å². The molecule has 0 atom stereocenters. The van der Waals surface area contributed by atoms with Gasteiger partial charge in [-0.05, 0) is 31.8 Å². The maximum absolute atomic E-state index is 10.4. The first kappa shape index (κ1) is 6.53. The summed E-state index contributed by atoms with van der Waals surface area (Å²) in [5, 5.41) is 0. The monoisotopic (exact) mass is 124 g/mol. The zero-order valence-corrected chi connectivity index (χ0v) is 5.76. The Kier molecular flexibility index (Phi) is 2.04. The van der Waals surface area contributed by atoms with Crippen molar-refractivity contribution in [3.8, 4) is 0 Å². The van der Waals surface area contributed by atoms with E-state index in [0.29, 0.717) is 5.92 Å². The minimum Gasteiger partial charge on any atom is -0.295 e. The molecule has 0 aromatic carbocycles. The molecule has 1 aliphatic rings. The number of rotatable bonds is 2. The molecule has 0 heterocycles. The normalized spacial score (nSPS) is 20.1. The summed E-state index contributed by atoms with van der Waals surface area (Å²) < 4.78 is 0. The quantitative estimate of drug-likeness (QED) is 0.514. The van der Waals surface area contributed by atoms with Crippen LogP contribution in [0.1, 0.15) is 26.2 Å². The van der Waals surface area contributed by atoms with Crippen molar-refractivity contribution in [2.24, 2.45) is 5.92 Å². The van der Waals surface area contributed by atoms with Crippen molar-refractivity contribution < 1.29 is 4.79 Å². The van der Waals surface area contributed by atoms with Crippen LogP contribution in [0.5, 0.6) is 0 Å². The Balaban J connectivity index is 2.22. The third kappa shape index (κ3) is 2.00. The molecule has 0 aromatic heterocycles. The second-order valence-corrected chi connectivity index (χ2v) is 2.66. The first-order valence-corrected chi connectivity index (χ1v) is 3.48. The van der Waals surface area contributed by atoms with Crippen LogP contribution in [-0.2, 0) is 4.79 Å². The molecular formula is C8H12O. The Morgan fingerprint density at radius 2 is 2.22 bits per heavy atom. The molecule has 0 aliphatic heterocycles. The summed E-state index contributed by atoms with van der Waals surface area (Å²) in [4.78, 5) is 10.4. The third-order valence-corrected chi connectivity index (χ3v) is 1.75. The molecular weight excluding hydrogens is 112 g/mol. The van der Waals surface area contributed by atoms with Crippen LogP contribution in [0.15, 0.2) is 12.2 Å². The van der Waals surface area contributed by atoms with Gasteiger partial charge >= 0.3 is 0 Å². The number of hydrogen-bond donors (Lipinski definition) is 0. The highest BCUT2D eigenvalue weighted by Gasteiger charge is 2.13. The van der Waals surface area contributed by atoms with Gasteiger partial charge in [-0.15, -0.1) is 0 Å². The van der Waals surface area contributed by atoms with Crippen LogP contribution < -0.4 is 0 Å². The van der Waals surface area contributed by atoms with Crippen LogP contribution in [-0.4, -0.2) is 5.78 Å². The van der Waals surface area contributed by atoms with Crippen molar-refractivity contribution in [3.63, 3.8) is 0 Å². The minimum absolute atomic E-state index is 0.168. The second-order valence-electron chi connectivity index (χ2n) is 2.66. The SMILES string of the molecule is CC(=O)/C=C\C1CCC1. The number of allylic oxidation sites excluding steroid dienone is 2. The first-order chi connectivity index (χ1) is 4.29. The van der Waals surface area contributed by atoms with E-state index in [0.717, 1.165) is 0 Å². The Hall–Kier alpha value is -0.590. The minimum atomic E-state index is 0.168. The first-order valence-electron chi connectivity index (χ1n) is 3.48. The molecule has 0 saturated heterocycles. The van der Waals surface area contributed by atoms with E-state index in [2.05, 4.69) is 0 Å². The van der Waals surface area contributed by atoms with E-state index in [1.807, 2.05) is 6.08 Å². The molecule has 1 aliphatic carbocycles. The lowest BCUT2D eigenvalue weighted by molar-refractivity contribution is -0.112. The Labute approximate surface area is 55.8 Å². The van der Waals surface area contributed by atoms with Crippen molar-refractivity contribution in [3.05, 3.63) is 12.2 Å². The number of ketones is 1. The summed E-state index contributed by atoms with van der Waals surface area (Å²) in [6, 6.07) is 0. The molecule has 1 fully saturated rings. The smallest absolute Gasteiger partial charge is 0.152 e. The van der Waals surface area contributed by atoms with Gasteiger partial charge in [-0.2, -0.15) is 0 Å². The third-order valence-electron chi connectivity index (χ3n) is 1.75. The van der Waals surface area contributed by atoms with Crippen LogP contribution in [0.4, 0.5) is 0 Å². The van der Waals surface area contributed by atoms with Gasteiger partial charge in [0.25, 0.3) is 0 Å². The van der Waals surface area contributed by atoms with E-state index < -0.39 is 0 Å². The van der Waals surface area contributed by atoms with Crippen LogP contribution in [0.25, 0.3) is 0 Å². The van der Waals surface area contributed by atoms with Crippen molar-refractivity contribution in [1.29, 1.82) is 0 Å². The summed E-state index contributed by atoms with van der Waals surface area (Å²) in [6.07, 6.45) is 7.62. The maximum Gasteiger partial charge on any atom is 0.152 e. The van der Waals surface area contributed by atoms with Gasteiger partial charge in [0.1, 0.15) is 0 Å². The van der Waals surface area contributed by atoms with Crippen LogP contribution in [0.3, 0.4) is 0 Å². The van der Waals surface area contributed by atoms with Gasteiger partial charge in [-0.1, -0.05) is 12.5 Å². The molecule has 0 bridgehead atoms. The Morgan fingerprint density at radius 3 is 2.56 bits per heavy atom. The van der Waals surface area contributed by atoms with Crippen LogP contribution in [0.2, 0.25) is 0 Å². The summed E-state index contributed by atoms with van der Waals surface area (Å²) in [5.74, 6) is 0.885. The van der Waals surface area contributed by atoms with Gasteiger partial charge in [-0.25, -0.2) is 0 Å². The van der Waals surface area contributed by atoms with E-state index in [1.54, 1.807) is 13.0 Å². The highest BCUT2D eigenvalue weighted by Crippen LogP contribution is 2.27. The fourth-order valence-corrected chi connectivity index (χ4v) is 0.904. The number of carbonyl (C=O) groups is 1.